The first-order valence-electron chi connectivity index (χ1n) is 7.98. The van der Waals surface area contributed by atoms with Gasteiger partial charge in [-0.25, -0.2) is 0 Å². The van der Waals surface area contributed by atoms with E-state index in [1.807, 2.05) is 0 Å². The van der Waals surface area contributed by atoms with Gasteiger partial charge in [0.05, 0.1) is 0 Å². The highest BCUT2D eigenvalue weighted by molar-refractivity contribution is 5.40. The van der Waals surface area contributed by atoms with Crippen LogP contribution in [0.1, 0.15) is 65.2 Å². The molecule has 4 aliphatic rings. The zero-order valence-corrected chi connectivity index (χ0v) is 12.4. The number of hydrogen-bond donors (Lipinski definition) is 0. The highest BCUT2D eigenvalue weighted by Crippen LogP contribution is 2.82. The quantitative estimate of drug-likeness (QED) is 0.586. The molecule has 0 aromatic rings. The summed E-state index contributed by atoms with van der Waals surface area (Å²) in [6.45, 7) is 4.97. The van der Waals surface area contributed by atoms with Crippen molar-refractivity contribution in [3.63, 3.8) is 0 Å². The fourth-order valence-electron chi connectivity index (χ4n) is 5.10. The summed E-state index contributed by atoms with van der Waals surface area (Å²) in [6.07, 6.45) is 9.05. The lowest BCUT2D eigenvalue weighted by molar-refractivity contribution is -0.153. The van der Waals surface area contributed by atoms with Crippen LogP contribution in [-0.4, -0.2) is 23.6 Å². The van der Waals surface area contributed by atoms with Crippen LogP contribution < -0.4 is 0 Å². The monoisotopic (exact) mass is 280 g/mol. The molecular weight excluding hydrogens is 256 g/mol. The third-order valence-electron chi connectivity index (χ3n) is 5.93. The van der Waals surface area contributed by atoms with Crippen molar-refractivity contribution in [1.29, 1.82) is 0 Å². The van der Waals surface area contributed by atoms with E-state index in [-0.39, 0.29) is 16.8 Å². The van der Waals surface area contributed by atoms with Gasteiger partial charge >= 0.3 is 0 Å². The van der Waals surface area contributed by atoms with Gasteiger partial charge in [-0.1, -0.05) is 46.0 Å². The molecule has 1 atom stereocenters. The Morgan fingerprint density at radius 3 is 2.45 bits per heavy atom. The van der Waals surface area contributed by atoms with Gasteiger partial charge < -0.3 is 14.2 Å². The summed E-state index contributed by atoms with van der Waals surface area (Å²) in [5.74, 6) is -0.102. The largest absolute Gasteiger partial charge is 0.461 e. The summed E-state index contributed by atoms with van der Waals surface area (Å²) in [7, 11) is 0. The molecular formula is C16H24O4. The number of hydrogen-bond acceptors (Lipinski definition) is 4. The fourth-order valence-corrected chi connectivity index (χ4v) is 5.10. The van der Waals surface area contributed by atoms with Crippen LogP contribution in [0.25, 0.3) is 0 Å². The Kier molecular flexibility index (Phi) is 2.47. The summed E-state index contributed by atoms with van der Waals surface area (Å²) in [5.41, 5.74) is -0.466. The van der Waals surface area contributed by atoms with Crippen molar-refractivity contribution in [2.75, 3.05) is 0 Å². The van der Waals surface area contributed by atoms with Crippen LogP contribution in [0.3, 0.4) is 0 Å². The lowest BCUT2D eigenvalue weighted by Crippen LogP contribution is -2.46. The molecule has 2 saturated heterocycles. The van der Waals surface area contributed by atoms with E-state index >= 15 is 0 Å². The summed E-state index contributed by atoms with van der Waals surface area (Å²) < 4.78 is 17.3. The molecule has 4 fully saturated rings. The minimum absolute atomic E-state index is 0.0804. The van der Waals surface area contributed by atoms with Crippen LogP contribution >= 0.6 is 0 Å². The third kappa shape index (κ3) is 1.58. The minimum Gasteiger partial charge on any atom is -0.461 e. The molecule has 0 aromatic heterocycles. The first kappa shape index (κ1) is 13.1. The summed E-state index contributed by atoms with van der Waals surface area (Å²) in [5, 5.41) is 0. The van der Waals surface area contributed by atoms with E-state index in [1.54, 1.807) is 0 Å². The van der Waals surface area contributed by atoms with Gasteiger partial charge in [-0.15, -0.1) is 0 Å². The minimum atomic E-state index is -0.424. The van der Waals surface area contributed by atoms with Gasteiger partial charge in [0, 0.05) is 11.8 Å². The second kappa shape index (κ2) is 3.77. The Morgan fingerprint density at radius 1 is 1.15 bits per heavy atom. The maximum absolute atomic E-state index is 11.1. The molecule has 0 aromatic carbocycles. The molecule has 2 saturated carbocycles. The topological polar surface area (TPSA) is 51.4 Å². The molecule has 20 heavy (non-hydrogen) atoms. The number of ether oxygens (including phenoxy) is 3. The second-order valence-corrected chi connectivity index (χ2v) is 7.92. The van der Waals surface area contributed by atoms with E-state index in [9.17, 15) is 4.79 Å². The van der Waals surface area contributed by atoms with Gasteiger partial charge in [0.2, 0.25) is 11.6 Å². The Morgan fingerprint density at radius 2 is 1.85 bits per heavy atom. The molecule has 1 unspecified atom stereocenters. The fraction of sp³-hybridized carbons (Fsp3) is 0.938. The third-order valence-corrected chi connectivity index (χ3v) is 5.93. The van der Waals surface area contributed by atoms with Crippen LogP contribution in [-0.2, 0) is 19.0 Å². The zero-order chi connectivity index (χ0) is 14.1. The van der Waals surface area contributed by atoms with Gasteiger partial charge in [-0.05, 0) is 18.8 Å². The van der Waals surface area contributed by atoms with Crippen molar-refractivity contribution in [2.24, 2.45) is 11.3 Å². The maximum atomic E-state index is 11.1. The van der Waals surface area contributed by atoms with Crippen LogP contribution in [0.15, 0.2) is 0 Å². The number of epoxide rings is 2. The van der Waals surface area contributed by atoms with Crippen LogP contribution in [0.5, 0.6) is 0 Å². The van der Waals surface area contributed by atoms with Gasteiger partial charge in [-0.2, -0.15) is 0 Å². The van der Waals surface area contributed by atoms with Gasteiger partial charge in [-0.3, -0.25) is 4.79 Å². The standard InChI is InChI=1S/C16H24O4/c1-13(2)9-14(18-11-17,8-12-6-4-3-5-7-12)10-15-16(13,19-15)20-15/h11-12H,3-10H2,1-2H3. The average molecular weight is 280 g/mol. The summed E-state index contributed by atoms with van der Waals surface area (Å²) >= 11 is 0. The van der Waals surface area contributed by atoms with E-state index in [1.165, 1.54) is 32.1 Å². The summed E-state index contributed by atoms with van der Waals surface area (Å²) in [6, 6.07) is 0. The van der Waals surface area contributed by atoms with E-state index in [4.69, 9.17) is 14.2 Å². The van der Waals surface area contributed by atoms with Crippen molar-refractivity contribution in [2.45, 2.75) is 82.4 Å². The molecule has 0 spiro atoms. The molecule has 0 N–H and O–H groups in total. The van der Waals surface area contributed by atoms with E-state index in [0.29, 0.717) is 12.4 Å². The van der Waals surface area contributed by atoms with Crippen molar-refractivity contribution >= 4 is 6.47 Å². The molecule has 0 bridgehead atoms. The van der Waals surface area contributed by atoms with Crippen molar-refractivity contribution in [3.8, 4) is 0 Å². The van der Waals surface area contributed by atoms with Crippen molar-refractivity contribution < 1.29 is 19.0 Å². The molecule has 2 aliphatic heterocycles. The SMILES string of the molecule is CC1(C)CC(CC2CCCCC2)(OC=O)CC23OC12O3. The predicted molar refractivity (Wildman–Crippen MR) is 71.7 cm³/mol. The van der Waals surface area contributed by atoms with Crippen LogP contribution in [0, 0.1) is 11.3 Å². The van der Waals surface area contributed by atoms with Crippen LogP contribution in [0.4, 0.5) is 0 Å². The normalized spacial score (nSPS) is 48.9. The molecule has 4 heteroatoms. The van der Waals surface area contributed by atoms with E-state index in [2.05, 4.69) is 13.8 Å². The molecule has 4 nitrogen and oxygen atoms in total. The lowest BCUT2D eigenvalue weighted by Gasteiger charge is -2.41. The van der Waals surface area contributed by atoms with Gasteiger partial charge in [0.25, 0.3) is 6.47 Å². The number of rotatable bonds is 4. The predicted octanol–water partition coefficient (Wildman–Crippen LogP) is 3.14. The van der Waals surface area contributed by atoms with Gasteiger partial charge in [0.1, 0.15) is 5.60 Å². The first-order valence-corrected chi connectivity index (χ1v) is 7.98. The van der Waals surface area contributed by atoms with Gasteiger partial charge in [0.15, 0.2) is 0 Å². The number of carbonyl (C=O) groups is 1. The zero-order valence-electron chi connectivity index (χ0n) is 12.4. The molecule has 0 amide bonds. The molecule has 112 valence electrons. The Labute approximate surface area is 120 Å². The Bertz CT molecular complexity index is 432. The van der Waals surface area contributed by atoms with E-state index < -0.39 is 5.79 Å². The van der Waals surface area contributed by atoms with Crippen molar-refractivity contribution in [1.82, 2.24) is 0 Å². The Hall–Kier alpha value is -0.610. The smallest absolute Gasteiger partial charge is 0.293 e. The molecule has 4 rings (SSSR count). The van der Waals surface area contributed by atoms with E-state index in [0.717, 1.165) is 19.3 Å². The molecule has 2 aliphatic carbocycles. The van der Waals surface area contributed by atoms with Crippen LogP contribution in [0.2, 0.25) is 0 Å². The highest BCUT2D eigenvalue weighted by Gasteiger charge is 2.98. The average Bonchev–Trinajstić information content (AvgIpc) is 3.16. The highest BCUT2D eigenvalue weighted by atomic mass is 17.0. The molecule has 0 radical (unpaired) electrons. The first-order chi connectivity index (χ1) is 9.47. The number of carbonyl (C=O) groups excluding carboxylic acids is 1. The molecule has 2 heterocycles. The Balaban J connectivity index is 1.56. The van der Waals surface area contributed by atoms with Crippen molar-refractivity contribution in [3.05, 3.63) is 0 Å². The maximum Gasteiger partial charge on any atom is 0.293 e. The second-order valence-electron chi connectivity index (χ2n) is 7.92. The summed E-state index contributed by atoms with van der Waals surface area (Å²) in [4.78, 5) is 11.1. The lowest BCUT2D eigenvalue weighted by atomic mass is 9.66.